The van der Waals surface area contributed by atoms with Crippen molar-refractivity contribution in [2.75, 3.05) is 0 Å². The summed E-state index contributed by atoms with van der Waals surface area (Å²) >= 11 is 0. The molecule has 1 aliphatic heterocycles. The zero-order valence-corrected chi connectivity index (χ0v) is 14.4. The minimum absolute atomic E-state index is 0.0677. The number of ketones is 1. The monoisotopic (exact) mass is 349 g/mol. The number of benzene rings is 2. The number of carboxylic acids is 1. The normalized spacial score (nSPS) is 23.1. The Morgan fingerprint density at radius 2 is 1.85 bits per heavy atom. The molecule has 5 heteroatoms. The molecule has 2 unspecified atom stereocenters. The molecule has 0 spiro atoms. The number of Topliss-reactive ketones (excluding diaryl/α,β-unsaturated/α-hetero) is 1. The van der Waals surface area contributed by atoms with Crippen LogP contribution in [0, 0.1) is 5.92 Å². The molecule has 0 saturated heterocycles. The number of hydrogen-bond acceptors (Lipinski definition) is 4. The van der Waals surface area contributed by atoms with Gasteiger partial charge in [-0.15, -0.1) is 0 Å². The highest BCUT2D eigenvalue weighted by atomic mass is 16.5. The summed E-state index contributed by atoms with van der Waals surface area (Å²) in [5.41, 5.74) is 7.39. The first-order valence-electron chi connectivity index (χ1n) is 8.61. The molecule has 0 aromatic heterocycles. The van der Waals surface area contributed by atoms with Crippen molar-refractivity contribution in [3.05, 3.63) is 64.9 Å². The molecule has 5 nitrogen and oxygen atoms in total. The first-order valence-corrected chi connectivity index (χ1v) is 8.61. The van der Waals surface area contributed by atoms with Gasteiger partial charge in [-0.2, -0.15) is 0 Å². The van der Waals surface area contributed by atoms with Gasteiger partial charge in [0.2, 0.25) is 0 Å². The number of carbonyl (C=O) groups excluding carboxylic acids is 1. The second kappa shape index (κ2) is 6.11. The lowest BCUT2D eigenvalue weighted by Crippen LogP contribution is -2.37. The summed E-state index contributed by atoms with van der Waals surface area (Å²) in [6.45, 7) is 1.97. The van der Waals surface area contributed by atoms with Crippen LogP contribution in [0.25, 0.3) is 16.3 Å². The Balaban J connectivity index is 1.99. The van der Waals surface area contributed by atoms with Crippen LogP contribution in [-0.2, 0) is 14.3 Å². The number of hydrogen-bond donors (Lipinski definition) is 2. The maximum atomic E-state index is 12.8. The van der Waals surface area contributed by atoms with Crippen LogP contribution < -0.4 is 5.73 Å². The molecule has 0 saturated carbocycles. The summed E-state index contributed by atoms with van der Waals surface area (Å²) in [4.78, 5) is 24.7. The number of nitrogens with two attached hydrogens (primary N) is 1. The summed E-state index contributed by atoms with van der Waals surface area (Å²) in [6.07, 6.45) is -0.133. The molecule has 1 heterocycles. The molecular formula is C21H19NO4. The van der Waals surface area contributed by atoms with Crippen molar-refractivity contribution in [2.24, 2.45) is 11.7 Å². The second-order valence-electron chi connectivity index (χ2n) is 6.93. The zero-order chi connectivity index (χ0) is 18.4. The molecule has 2 aromatic rings. The Labute approximate surface area is 150 Å². The van der Waals surface area contributed by atoms with Crippen molar-refractivity contribution in [3.63, 3.8) is 0 Å². The van der Waals surface area contributed by atoms with Gasteiger partial charge >= 0.3 is 5.97 Å². The summed E-state index contributed by atoms with van der Waals surface area (Å²) in [6, 6.07) is 13.5. The van der Waals surface area contributed by atoms with Crippen LogP contribution in [0.5, 0.6) is 0 Å². The highest BCUT2D eigenvalue weighted by molar-refractivity contribution is 6.17. The van der Waals surface area contributed by atoms with Crippen LogP contribution in [0.2, 0.25) is 0 Å². The lowest BCUT2D eigenvalue weighted by Gasteiger charge is -2.33. The van der Waals surface area contributed by atoms with Crippen LogP contribution in [0.1, 0.15) is 25.3 Å². The Hall–Kier alpha value is -2.92. The molecule has 1 aliphatic carbocycles. The van der Waals surface area contributed by atoms with E-state index in [2.05, 4.69) is 0 Å². The van der Waals surface area contributed by atoms with Crippen molar-refractivity contribution >= 4 is 28.1 Å². The Bertz CT molecular complexity index is 1000. The number of allylic oxidation sites excluding steroid dienone is 3. The molecule has 2 atom stereocenters. The molecule has 0 fully saturated rings. The van der Waals surface area contributed by atoms with Crippen molar-refractivity contribution < 1.29 is 19.4 Å². The number of fused-ring (bicyclic) bond motifs is 1. The molecule has 0 amide bonds. The van der Waals surface area contributed by atoms with Crippen LogP contribution in [-0.4, -0.2) is 23.1 Å². The number of rotatable bonds is 2. The first-order chi connectivity index (χ1) is 12.5. The average molecular weight is 349 g/mol. The van der Waals surface area contributed by atoms with Gasteiger partial charge in [-0.25, -0.2) is 4.79 Å². The third kappa shape index (κ3) is 2.61. The lowest BCUT2D eigenvalue weighted by atomic mass is 9.79. The summed E-state index contributed by atoms with van der Waals surface area (Å²) in [7, 11) is 0. The van der Waals surface area contributed by atoms with Crippen LogP contribution in [0.15, 0.2) is 59.4 Å². The van der Waals surface area contributed by atoms with E-state index in [-0.39, 0.29) is 17.3 Å². The molecule has 2 aliphatic rings. The van der Waals surface area contributed by atoms with Crippen molar-refractivity contribution in [3.8, 4) is 0 Å². The molecule has 26 heavy (non-hydrogen) atoms. The van der Waals surface area contributed by atoms with E-state index < -0.39 is 12.2 Å². The average Bonchev–Trinajstić information content (AvgIpc) is 2.59. The van der Waals surface area contributed by atoms with Gasteiger partial charge in [0.1, 0.15) is 11.3 Å². The Morgan fingerprint density at radius 1 is 1.12 bits per heavy atom. The van der Waals surface area contributed by atoms with E-state index in [0.29, 0.717) is 35.3 Å². The largest absolute Gasteiger partial charge is 0.478 e. The SMILES string of the molecule is CC1CC(=O)C2=C(C1)OC(N)C(C(=O)O)=C2c1ccc2ccccc2c1. The van der Waals surface area contributed by atoms with E-state index in [1.54, 1.807) is 0 Å². The fourth-order valence-corrected chi connectivity index (χ4v) is 3.81. The second-order valence-corrected chi connectivity index (χ2v) is 6.93. The van der Waals surface area contributed by atoms with E-state index in [1.807, 2.05) is 49.4 Å². The first kappa shape index (κ1) is 16.5. The van der Waals surface area contributed by atoms with E-state index in [1.165, 1.54) is 0 Å². The number of carbonyl (C=O) groups is 2. The van der Waals surface area contributed by atoms with Gasteiger partial charge in [0, 0.05) is 18.4 Å². The standard InChI is InChI=1S/C21H19NO4/c1-11-8-15(23)18-16(9-11)26-20(22)19(21(24)25)17(18)14-7-6-12-4-2-3-5-13(12)10-14/h2-7,10-11,20H,8-9,22H2,1H3,(H,24,25). The van der Waals surface area contributed by atoms with E-state index in [4.69, 9.17) is 10.5 Å². The van der Waals surface area contributed by atoms with Crippen molar-refractivity contribution in [1.29, 1.82) is 0 Å². The molecule has 0 bridgehead atoms. The Kier molecular flexibility index (Phi) is 3.89. The van der Waals surface area contributed by atoms with Gasteiger partial charge in [0.05, 0.1) is 5.57 Å². The van der Waals surface area contributed by atoms with Crippen molar-refractivity contribution in [1.82, 2.24) is 0 Å². The predicted molar refractivity (Wildman–Crippen MR) is 98.0 cm³/mol. The minimum Gasteiger partial charge on any atom is -0.478 e. The number of carboxylic acid groups (broad SMARTS) is 1. The maximum absolute atomic E-state index is 12.8. The molecule has 2 aromatic carbocycles. The highest BCUT2D eigenvalue weighted by Gasteiger charge is 2.39. The molecule has 3 N–H and O–H groups in total. The van der Waals surface area contributed by atoms with Gasteiger partial charge in [0.25, 0.3) is 0 Å². The van der Waals surface area contributed by atoms with Crippen LogP contribution >= 0.6 is 0 Å². The summed E-state index contributed by atoms with van der Waals surface area (Å²) in [5.74, 6) is -0.599. The topological polar surface area (TPSA) is 89.6 Å². The molecule has 4 rings (SSSR count). The minimum atomic E-state index is -1.17. The molecular weight excluding hydrogens is 330 g/mol. The summed E-state index contributed by atoms with van der Waals surface area (Å²) < 4.78 is 5.64. The van der Waals surface area contributed by atoms with Crippen molar-refractivity contribution in [2.45, 2.75) is 26.0 Å². The Morgan fingerprint density at radius 3 is 2.58 bits per heavy atom. The number of ether oxygens (including phenoxy) is 1. The third-order valence-corrected chi connectivity index (χ3v) is 4.97. The molecule has 0 radical (unpaired) electrons. The summed E-state index contributed by atoms with van der Waals surface area (Å²) in [5, 5.41) is 11.7. The van der Waals surface area contributed by atoms with Gasteiger partial charge in [-0.05, 0) is 28.3 Å². The zero-order valence-electron chi connectivity index (χ0n) is 14.4. The van der Waals surface area contributed by atoms with Crippen LogP contribution in [0.4, 0.5) is 0 Å². The van der Waals surface area contributed by atoms with Gasteiger partial charge < -0.3 is 9.84 Å². The maximum Gasteiger partial charge on any atom is 0.337 e. The molecule has 132 valence electrons. The lowest BCUT2D eigenvalue weighted by molar-refractivity contribution is -0.133. The van der Waals surface area contributed by atoms with Gasteiger partial charge in [-0.1, -0.05) is 43.3 Å². The fourth-order valence-electron chi connectivity index (χ4n) is 3.81. The third-order valence-electron chi connectivity index (χ3n) is 4.97. The highest BCUT2D eigenvalue weighted by Crippen LogP contribution is 2.42. The van der Waals surface area contributed by atoms with E-state index >= 15 is 0 Å². The predicted octanol–water partition coefficient (Wildman–Crippen LogP) is 3.25. The van der Waals surface area contributed by atoms with E-state index in [9.17, 15) is 14.7 Å². The fraction of sp³-hybridized carbons (Fsp3) is 0.238. The van der Waals surface area contributed by atoms with Gasteiger partial charge in [-0.3, -0.25) is 10.5 Å². The quantitative estimate of drug-likeness (QED) is 0.869. The van der Waals surface area contributed by atoms with Gasteiger partial charge in [0.15, 0.2) is 12.0 Å². The van der Waals surface area contributed by atoms with E-state index in [0.717, 1.165) is 10.8 Å². The number of aliphatic carboxylic acids is 1. The van der Waals surface area contributed by atoms with Crippen LogP contribution in [0.3, 0.4) is 0 Å². The smallest absolute Gasteiger partial charge is 0.337 e.